The summed E-state index contributed by atoms with van der Waals surface area (Å²) in [7, 11) is -4.18. The van der Waals surface area contributed by atoms with Crippen molar-refractivity contribution >= 4 is 21.0 Å². The molecule has 0 saturated carbocycles. The normalized spacial score (nSPS) is 21.2. The molecule has 31 heavy (non-hydrogen) atoms. The largest absolute Gasteiger partial charge is 0.356 e. The van der Waals surface area contributed by atoms with Gasteiger partial charge >= 0.3 is 5.24 Å². The van der Waals surface area contributed by atoms with Crippen molar-refractivity contribution in [2.75, 3.05) is 32.7 Å². The summed E-state index contributed by atoms with van der Waals surface area (Å²) in [6, 6.07) is 15.7. The van der Waals surface area contributed by atoms with Gasteiger partial charge in [-0.2, -0.15) is 0 Å². The van der Waals surface area contributed by atoms with Gasteiger partial charge in [-0.25, -0.2) is 8.42 Å². The summed E-state index contributed by atoms with van der Waals surface area (Å²) in [5.74, 6) is 0.826. The fraction of sp³-hybridized carbons (Fsp3) is 0.348. The average Bonchev–Trinajstić information content (AvgIpc) is 3.33. The Labute approximate surface area is 182 Å². The first-order valence-electron chi connectivity index (χ1n) is 10.4. The first-order valence-corrected chi connectivity index (χ1v) is 11.9. The number of hydrogen-bond donors (Lipinski definition) is 1. The van der Waals surface area contributed by atoms with Crippen LogP contribution in [0.25, 0.3) is 0 Å². The lowest BCUT2D eigenvalue weighted by Gasteiger charge is -2.21. The van der Waals surface area contributed by atoms with E-state index in [0.717, 1.165) is 26.1 Å². The highest BCUT2D eigenvalue weighted by Crippen LogP contribution is 2.32. The van der Waals surface area contributed by atoms with Crippen LogP contribution in [-0.2, 0) is 9.84 Å². The van der Waals surface area contributed by atoms with E-state index in [9.17, 15) is 18.0 Å². The van der Waals surface area contributed by atoms with Crippen LogP contribution in [0.4, 0.5) is 4.79 Å². The molecule has 0 aliphatic carbocycles. The molecule has 4 rings (SSSR count). The molecule has 2 aromatic carbocycles. The van der Waals surface area contributed by atoms with Crippen LogP contribution in [0.2, 0.25) is 0 Å². The summed E-state index contributed by atoms with van der Waals surface area (Å²) < 4.78 is 23.6. The fourth-order valence-corrected chi connectivity index (χ4v) is 5.24. The smallest absolute Gasteiger partial charge is 0.338 e. The third kappa shape index (κ3) is 4.65. The highest BCUT2D eigenvalue weighted by molar-refractivity contribution is 8.06. The van der Waals surface area contributed by atoms with Crippen molar-refractivity contribution in [2.24, 2.45) is 17.6 Å². The predicted octanol–water partition coefficient (Wildman–Crippen LogP) is 2.19. The minimum absolute atomic E-state index is 0.110. The van der Waals surface area contributed by atoms with E-state index >= 15 is 0 Å². The summed E-state index contributed by atoms with van der Waals surface area (Å²) in [5.41, 5.74) is 6.57. The summed E-state index contributed by atoms with van der Waals surface area (Å²) in [6.07, 6.45) is 3.26. The van der Waals surface area contributed by atoms with Gasteiger partial charge in [0.2, 0.25) is 0 Å². The Bertz CT molecular complexity index is 1040. The summed E-state index contributed by atoms with van der Waals surface area (Å²) in [4.78, 5) is 28.1. The first-order chi connectivity index (χ1) is 14.8. The Balaban J connectivity index is 1.28. The van der Waals surface area contributed by atoms with E-state index in [2.05, 4.69) is 23.5 Å². The maximum absolute atomic E-state index is 12.8. The molecule has 2 aliphatic rings. The van der Waals surface area contributed by atoms with Crippen LogP contribution in [-0.4, -0.2) is 62.1 Å². The molecule has 2 fully saturated rings. The molecule has 7 nitrogen and oxygen atoms in total. The molecule has 2 saturated heterocycles. The third-order valence-corrected chi connectivity index (χ3v) is 7.57. The van der Waals surface area contributed by atoms with E-state index in [0.29, 0.717) is 30.5 Å². The number of benzene rings is 2. The van der Waals surface area contributed by atoms with Crippen molar-refractivity contribution in [1.29, 1.82) is 0 Å². The molecule has 1 radical (unpaired) electrons. The molecule has 0 aromatic heterocycles. The van der Waals surface area contributed by atoms with Crippen molar-refractivity contribution in [3.63, 3.8) is 0 Å². The molecule has 8 heteroatoms. The molecule has 0 spiro atoms. The highest BCUT2D eigenvalue weighted by atomic mass is 32.2. The number of sulfone groups is 1. The number of rotatable bonds is 6. The van der Waals surface area contributed by atoms with E-state index in [4.69, 9.17) is 5.73 Å². The number of nitrogens with zero attached hydrogens (tertiary/aromatic N) is 2. The lowest BCUT2D eigenvalue weighted by Crippen LogP contribution is -2.33. The minimum Gasteiger partial charge on any atom is -0.356 e. The standard InChI is InChI=1S/C23H26N3O4S/c24-23(28)31(29,30)21-10-8-18(9-11-21)22(27)26-15-19-13-25(14-20(19)16-26)12-4-7-17-5-2-1-3-6-17/h1-3,5-11,19-20H,4,12-16H2,(H2,24,28)/t19-,20?/m0/s1. The van der Waals surface area contributed by atoms with E-state index in [1.807, 2.05) is 23.1 Å². The Morgan fingerprint density at radius 2 is 1.55 bits per heavy atom. The second kappa shape index (κ2) is 8.80. The van der Waals surface area contributed by atoms with Crippen molar-refractivity contribution in [1.82, 2.24) is 9.80 Å². The molecule has 2 amide bonds. The maximum atomic E-state index is 12.8. The number of carbonyl (C=O) groups is 2. The monoisotopic (exact) mass is 440 g/mol. The SMILES string of the molecule is NC(=O)S(=O)(=O)c1ccc(C(=O)N2CC3CN(CC[CH]c4ccccc4)C[C@H]3C2)cc1. The zero-order valence-electron chi connectivity index (χ0n) is 17.2. The molecular weight excluding hydrogens is 414 g/mol. The van der Waals surface area contributed by atoms with Gasteiger partial charge in [0.05, 0.1) is 4.90 Å². The van der Waals surface area contributed by atoms with Crippen LogP contribution >= 0.6 is 0 Å². The summed E-state index contributed by atoms with van der Waals surface area (Å²) in [5, 5.41) is -1.40. The molecule has 2 N–H and O–H groups in total. The van der Waals surface area contributed by atoms with Crippen LogP contribution in [0.15, 0.2) is 59.5 Å². The molecule has 163 valence electrons. The topological polar surface area (TPSA) is 101 Å². The van der Waals surface area contributed by atoms with E-state index in [1.165, 1.54) is 29.8 Å². The Hall–Kier alpha value is -2.71. The number of carbonyl (C=O) groups excluding carboxylic acids is 2. The zero-order valence-corrected chi connectivity index (χ0v) is 18.0. The molecule has 0 bridgehead atoms. The van der Waals surface area contributed by atoms with Gasteiger partial charge in [-0.05, 0) is 61.1 Å². The summed E-state index contributed by atoms with van der Waals surface area (Å²) >= 11 is 0. The molecule has 2 atom stereocenters. The maximum Gasteiger partial charge on any atom is 0.338 e. The van der Waals surface area contributed by atoms with Gasteiger partial charge in [-0.15, -0.1) is 0 Å². The predicted molar refractivity (Wildman–Crippen MR) is 117 cm³/mol. The van der Waals surface area contributed by atoms with Crippen LogP contribution < -0.4 is 5.73 Å². The average molecular weight is 441 g/mol. The van der Waals surface area contributed by atoms with Crippen molar-refractivity contribution in [2.45, 2.75) is 11.3 Å². The summed E-state index contributed by atoms with van der Waals surface area (Å²) in [6.45, 7) is 4.43. The second-order valence-corrected chi connectivity index (χ2v) is 10.1. The van der Waals surface area contributed by atoms with Crippen LogP contribution in [0, 0.1) is 18.3 Å². The molecular formula is C23H26N3O4S. The third-order valence-electron chi connectivity index (χ3n) is 6.15. The molecule has 2 aromatic rings. The van der Waals surface area contributed by atoms with Crippen LogP contribution in [0.3, 0.4) is 0 Å². The van der Waals surface area contributed by atoms with Crippen molar-refractivity contribution in [3.05, 3.63) is 72.1 Å². The quantitative estimate of drug-likeness (QED) is 0.742. The van der Waals surface area contributed by atoms with E-state index < -0.39 is 15.1 Å². The lowest BCUT2D eigenvalue weighted by atomic mass is 10.0. The van der Waals surface area contributed by atoms with Crippen molar-refractivity contribution < 1.29 is 18.0 Å². The number of hydrogen-bond acceptors (Lipinski definition) is 5. The Kier molecular flexibility index (Phi) is 6.11. The number of primary amides is 1. The van der Waals surface area contributed by atoms with E-state index in [-0.39, 0.29) is 10.8 Å². The van der Waals surface area contributed by atoms with Gasteiger partial charge in [-0.3, -0.25) is 9.59 Å². The zero-order chi connectivity index (χ0) is 22.0. The molecule has 1 unspecified atom stereocenters. The van der Waals surface area contributed by atoms with Crippen molar-refractivity contribution in [3.8, 4) is 0 Å². The highest BCUT2D eigenvalue weighted by Gasteiger charge is 2.41. The molecule has 2 heterocycles. The van der Waals surface area contributed by atoms with Gasteiger partial charge in [0.25, 0.3) is 15.7 Å². The van der Waals surface area contributed by atoms with Gasteiger partial charge in [-0.1, -0.05) is 30.3 Å². The number of amides is 2. The Morgan fingerprint density at radius 3 is 2.13 bits per heavy atom. The second-order valence-electron chi connectivity index (χ2n) is 8.24. The van der Waals surface area contributed by atoms with Gasteiger partial charge in [0.1, 0.15) is 0 Å². The minimum atomic E-state index is -4.18. The van der Waals surface area contributed by atoms with Crippen LogP contribution in [0.1, 0.15) is 22.3 Å². The van der Waals surface area contributed by atoms with Gasteiger partial charge < -0.3 is 15.5 Å². The fourth-order valence-electron chi connectivity index (χ4n) is 4.52. The number of fused-ring (bicyclic) bond motifs is 1. The van der Waals surface area contributed by atoms with Gasteiger partial charge in [0.15, 0.2) is 0 Å². The number of likely N-dealkylation sites (tertiary alicyclic amines) is 2. The number of nitrogens with two attached hydrogens (primary N) is 1. The molecule has 2 aliphatic heterocycles. The van der Waals surface area contributed by atoms with Gasteiger partial charge in [0, 0.05) is 31.7 Å². The Morgan fingerprint density at radius 1 is 0.935 bits per heavy atom. The first kappa shape index (κ1) is 21.5. The van der Waals surface area contributed by atoms with E-state index in [1.54, 1.807) is 0 Å². The van der Waals surface area contributed by atoms with Crippen LogP contribution in [0.5, 0.6) is 0 Å². The lowest BCUT2D eigenvalue weighted by molar-refractivity contribution is 0.0774.